The molecule has 0 fully saturated rings. The van der Waals surface area contributed by atoms with Crippen LogP contribution in [0.15, 0.2) is 21.1 Å². The zero-order chi connectivity index (χ0) is 14.5. The van der Waals surface area contributed by atoms with E-state index in [-0.39, 0.29) is 0 Å². The first kappa shape index (κ1) is 17.5. The molecular formula is C9H13Cl2O6P. The van der Waals surface area contributed by atoms with Crippen molar-refractivity contribution in [2.75, 3.05) is 21.3 Å². The molecule has 0 aliphatic carbocycles. The van der Waals surface area contributed by atoms with Crippen molar-refractivity contribution >= 4 is 36.8 Å². The van der Waals surface area contributed by atoms with E-state index >= 15 is 0 Å². The number of carbonyl (C=O) groups excluding carboxylic acids is 1. The monoisotopic (exact) mass is 318 g/mol. The molecule has 104 valence electrons. The summed E-state index contributed by atoms with van der Waals surface area (Å²) in [6.45, 7) is 1.18. The molecule has 9 heteroatoms. The highest BCUT2D eigenvalue weighted by atomic mass is 35.5. The van der Waals surface area contributed by atoms with E-state index < -0.39 is 34.7 Å². The Hall–Kier alpha value is -0.520. The fourth-order valence-electron chi connectivity index (χ4n) is 1.11. The predicted molar refractivity (Wildman–Crippen MR) is 67.7 cm³/mol. The first-order chi connectivity index (χ1) is 8.25. The molecule has 1 N–H and O–H groups in total. The van der Waals surface area contributed by atoms with Gasteiger partial charge >= 0.3 is 13.6 Å². The van der Waals surface area contributed by atoms with Gasteiger partial charge < -0.3 is 18.9 Å². The number of carbonyl (C=O) groups is 1. The summed E-state index contributed by atoms with van der Waals surface area (Å²) in [6, 6.07) is 0. The Labute approximate surface area is 115 Å². The normalized spacial score (nSPS) is 12.8. The van der Waals surface area contributed by atoms with Crippen molar-refractivity contribution in [3.63, 3.8) is 0 Å². The zero-order valence-corrected chi connectivity index (χ0v) is 12.6. The lowest BCUT2D eigenvalue weighted by atomic mass is 10.2. The molecule has 0 aliphatic heterocycles. The molecule has 0 bridgehead atoms. The number of methoxy groups -OCH3 is 1. The van der Waals surface area contributed by atoms with Gasteiger partial charge in [0.1, 0.15) is 21.1 Å². The van der Waals surface area contributed by atoms with Crippen LogP contribution in [-0.4, -0.2) is 32.4 Å². The average molecular weight is 319 g/mol. The van der Waals surface area contributed by atoms with Crippen LogP contribution in [0, 0.1) is 0 Å². The molecule has 0 saturated carbocycles. The number of hydrogen-bond acceptors (Lipinski definition) is 6. The minimum atomic E-state index is -3.93. The van der Waals surface area contributed by atoms with E-state index in [9.17, 15) is 14.5 Å². The van der Waals surface area contributed by atoms with Gasteiger partial charge in [-0.2, -0.15) is 0 Å². The number of aliphatic hydroxyl groups excluding tert-OH is 1. The highest BCUT2D eigenvalue weighted by Crippen LogP contribution is 2.60. The first-order valence-corrected chi connectivity index (χ1v) is 6.80. The Kier molecular flexibility index (Phi) is 6.96. The van der Waals surface area contributed by atoms with E-state index in [2.05, 4.69) is 13.8 Å². The molecule has 0 saturated heterocycles. The van der Waals surface area contributed by atoms with Gasteiger partial charge in [-0.25, -0.2) is 4.79 Å². The van der Waals surface area contributed by atoms with Crippen molar-refractivity contribution in [2.45, 2.75) is 6.92 Å². The molecular weight excluding hydrogens is 306 g/mol. The van der Waals surface area contributed by atoms with Gasteiger partial charge in [0.15, 0.2) is 0 Å². The minimum Gasteiger partial charge on any atom is -0.512 e. The molecule has 0 aromatic rings. The van der Waals surface area contributed by atoms with Crippen molar-refractivity contribution < 1.29 is 28.3 Å². The lowest BCUT2D eigenvalue weighted by molar-refractivity contribution is -0.136. The topological polar surface area (TPSA) is 82.1 Å². The van der Waals surface area contributed by atoms with Gasteiger partial charge in [0.05, 0.1) is 7.11 Å². The lowest BCUT2D eigenvalue weighted by Crippen LogP contribution is -2.12. The van der Waals surface area contributed by atoms with E-state index in [1.165, 1.54) is 6.92 Å². The highest BCUT2D eigenvalue weighted by Gasteiger charge is 2.38. The van der Waals surface area contributed by atoms with Crippen LogP contribution in [0.4, 0.5) is 0 Å². The number of ether oxygens (including phenoxy) is 1. The molecule has 0 unspecified atom stereocenters. The molecule has 0 amide bonds. The summed E-state index contributed by atoms with van der Waals surface area (Å²) in [7, 11) is -0.677. The third-order valence-corrected chi connectivity index (χ3v) is 4.52. The Morgan fingerprint density at radius 2 is 1.61 bits per heavy atom. The first-order valence-electron chi connectivity index (χ1n) is 4.51. The average Bonchev–Trinajstić information content (AvgIpc) is 2.33. The molecule has 0 rings (SSSR count). The van der Waals surface area contributed by atoms with Gasteiger partial charge in [-0.1, -0.05) is 23.2 Å². The zero-order valence-electron chi connectivity index (χ0n) is 10.2. The van der Waals surface area contributed by atoms with Crippen molar-refractivity contribution in [3.8, 4) is 0 Å². The van der Waals surface area contributed by atoms with E-state index in [4.69, 9.17) is 23.2 Å². The summed E-state index contributed by atoms with van der Waals surface area (Å²) >= 11 is 11.2. The maximum Gasteiger partial charge on any atom is 0.364 e. The molecule has 0 atom stereocenters. The van der Waals surface area contributed by atoms with E-state index in [1.807, 2.05) is 0 Å². The van der Waals surface area contributed by atoms with Crippen LogP contribution < -0.4 is 0 Å². The van der Waals surface area contributed by atoms with Crippen LogP contribution in [0.3, 0.4) is 0 Å². The third-order valence-electron chi connectivity index (χ3n) is 1.92. The molecule has 0 spiro atoms. The second-order valence-corrected chi connectivity index (χ2v) is 6.05. The summed E-state index contributed by atoms with van der Waals surface area (Å²) in [4.78, 5) is 11.6. The van der Waals surface area contributed by atoms with Crippen LogP contribution in [0.25, 0.3) is 0 Å². The van der Waals surface area contributed by atoms with Gasteiger partial charge in [-0.05, 0) is 6.92 Å². The number of rotatable bonds is 5. The predicted octanol–water partition coefficient (Wildman–Crippen LogP) is 3.12. The van der Waals surface area contributed by atoms with Gasteiger partial charge in [-0.15, -0.1) is 0 Å². The van der Waals surface area contributed by atoms with Gasteiger partial charge in [-0.3, -0.25) is 4.57 Å². The number of hydrogen-bond donors (Lipinski definition) is 1. The summed E-state index contributed by atoms with van der Waals surface area (Å²) in [5, 5.41) is 9.03. The Morgan fingerprint density at radius 1 is 1.17 bits per heavy atom. The summed E-state index contributed by atoms with van der Waals surface area (Å²) in [5.41, 5.74) is -0.468. The summed E-state index contributed by atoms with van der Waals surface area (Å²) < 4.78 is 25.5. The maximum atomic E-state index is 12.2. The number of esters is 1. The van der Waals surface area contributed by atoms with Crippen LogP contribution in [-0.2, 0) is 23.1 Å². The van der Waals surface area contributed by atoms with Crippen LogP contribution in [0.1, 0.15) is 6.92 Å². The smallest absolute Gasteiger partial charge is 0.364 e. The van der Waals surface area contributed by atoms with Gasteiger partial charge in [0, 0.05) is 14.2 Å². The molecule has 0 radical (unpaired) electrons. The highest BCUT2D eigenvalue weighted by molar-refractivity contribution is 7.59. The fraction of sp³-hybridized carbons (Fsp3) is 0.444. The molecule has 0 heterocycles. The summed E-state index contributed by atoms with van der Waals surface area (Å²) in [6.07, 6.45) is 0. The van der Waals surface area contributed by atoms with Crippen LogP contribution in [0.2, 0.25) is 0 Å². The molecule has 18 heavy (non-hydrogen) atoms. The second kappa shape index (κ2) is 7.16. The fourth-order valence-corrected chi connectivity index (χ4v) is 3.17. The van der Waals surface area contributed by atoms with Crippen molar-refractivity contribution in [2.24, 2.45) is 0 Å². The molecule has 0 aliphatic rings. The SMILES string of the molecule is COC(=O)/C(C(=C(Cl)Cl)P(=O)(OC)OC)=C(/C)O. The second-order valence-electron chi connectivity index (χ2n) is 2.92. The van der Waals surface area contributed by atoms with Crippen molar-refractivity contribution in [1.82, 2.24) is 0 Å². The van der Waals surface area contributed by atoms with E-state index in [1.54, 1.807) is 0 Å². The Balaban J connectivity index is 6.12. The maximum absolute atomic E-state index is 12.2. The number of allylic oxidation sites excluding steroid dienone is 1. The van der Waals surface area contributed by atoms with Crippen LogP contribution >= 0.6 is 30.8 Å². The third kappa shape index (κ3) is 3.73. The molecule has 0 aromatic heterocycles. The van der Waals surface area contributed by atoms with Crippen molar-refractivity contribution in [3.05, 3.63) is 21.1 Å². The largest absolute Gasteiger partial charge is 0.512 e. The Bertz CT molecular complexity index is 426. The lowest BCUT2D eigenvalue weighted by Gasteiger charge is -2.19. The van der Waals surface area contributed by atoms with Crippen LogP contribution in [0.5, 0.6) is 0 Å². The number of aliphatic hydroxyl groups is 1. The molecule has 0 aromatic carbocycles. The number of halogens is 2. The van der Waals surface area contributed by atoms with Gasteiger partial charge in [0.25, 0.3) is 0 Å². The van der Waals surface area contributed by atoms with Gasteiger partial charge in [0.2, 0.25) is 0 Å². The summed E-state index contributed by atoms with van der Waals surface area (Å²) in [5.74, 6) is -1.46. The minimum absolute atomic E-state index is 0.456. The molecule has 6 nitrogen and oxygen atoms in total. The van der Waals surface area contributed by atoms with E-state index in [0.29, 0.717) is 0 Å². The quantitative estimate of drug-likeness (QED) is 0.276. The van der Waals surface area contributed by atoms with E-state index in [0.717, 1.165) is 21.3 Å². The van der Waals surface area contributed by atoms with Crippen molar-refractivity contribution in [1.29, 1.82) is 0 Å². The standard InChI is InChI=1S/C9H13Cl2O6P/c1-5(12)6(9(13)15-2)7(8(10)11)18(14,16-3)17-4/h12H,1-4H3/b6-5-. The Morgan fingerprint density at radius 3 is 1.83 bits per heavy atom.